The van der Waals surface area contributed by atoms with Crippen molar-refractivity contribution in [3.63, 3.8) is 0 Å². The molecule has 1 aliphatic carbocycles. The molecule has 1 saturated carbocycles. The van der Waals surface area contributed by atoms with Gasteiger partial charge in [-0.05, 0) is 37.0 Å². The van der Waals surface area contributed by atoms with Crippen molar-refractivity contribution >= 4 is 25.6 Å². The van der Waals surface area contributed by atoms with E-state index in [9.17, 15) is 13.2 Å². The second kappa shape index (κ2) is 6.59. The van der Waals surface area contributed by atoms with Gasteiger partial charge in [-0.3, -0.25) is 4.79 Å². The summed E-state index contributed by atoms with van der Waals surface area (Å²) >= 11 is 0. The lowest BCUT2D eigenvalue weighted by Gasteiger charge is -2.10. The molecular formula is C14H18ClNO3S. The molecule has 1 aromatic rings. The van der Waals surface area contributed by atoms with Gasteiger partial charge in [-0.15, -0.1) is 0 Å². The summed E-state index contributed by atoms with van der Waals surface area (Å²) in [5.41, 5.74) is 0.973. The highest BCUT2D eigenvalue weighted by Gasteiger charge is 2.21. The first-order valence-corrected chi connectivity index (χ1v) is 9.09. The monoisotopic (exact) mass is 315 g/mol. The summed E-state index contributed by atoms with van der Waals surface area (Å²) in [7, 11) is 1.58. The van der Waals surface area contributed by atoms with Crippen molar-refractivity contribution in [2.45, 2.75) is 37.0 Å². The van der Waals surface area contributed by atoms with Crippen molar-refractivity contribution in [1.82, 2.24) is 5.32 Å². The highest BCUT2D eigenvalue weighted by atomic mass is 35.7. The number of hydrogen-bond donors (Lipinski definition) is 1. The molecule has 1 aromatic carbocycles. The van der Waals surface area contributed by atoms with Crippen molar-refractivity contribution in [2.24, 2.45) is 5.92 Å². The van der Waals surface area contributed by atoms with Crippen LogP contribution in [0.15, 0.2) is 29.2 Å². The number of amides is 1. The van der Waals surface area contributed by atoms with E-state index in [1.165, 1.54) is 12.1 Å². The van der Waals surface area contributed by atoms with E-state index in [1.807, 2.05) is 0 Å². The highest BCUT2D eigenvalue weighted by molar-refractivity contribution is 8.13. The lowest BCUT2D eigenvalue weighted by atomic mass is 10.1. The molecule has 1 aliphatic rings. The summed E-state index contributed by atoms with van der Waals surface area (Å²) in [6.45, 7) is 0.572. The molecule has 6 heteroatoms. The zero-order valence-corrected chi connectivity index (χ0v) is 12.7. The summed E-state index contributed by atoms with van der Waals surface area (Å²) in [5, 5.41) is 2.93. The Labute approximate surface area is 123 Å². The standard InChI is InChI=1S/C14H18ClNO3S/c15-20(18,19)13-7-5-11(6-8-13)9-10-16-14(17)12-3-1-2-4-12/h5-8,12H,1-4,9-10H2,(H,16,17). The summed E-state index contributed by atoms with van der Waals surface area (Å²) in [6.07, 6.45) is 4.96. The van der Waals surface area contributed by atoms with Gasteiger partial charge in [-0.1, -0.05) is 25.0 Å². The van der Waals surface area contributed by atoms with Crippen LogP contribution in [0.2, 0.25) is 0 Å². The van der Waals surface area contributed by atoms with Crippen LogP contribution >= 0.6 is 10.7 Å². The molecule has 1 fully saturated rings. The van der Waals surface area contributed by atoms with Crippen molar-refractivity contribution < 1.29 is 13.2 Å². The molecule has 0 radical (unpaired) electrons. The average molecular weight is 316 g/mol. The summed E-state index contributed by atoms with van der Waals surface area (Å²) in [4.78, 5) is 11.9. The Bertz CT molecular complexity index is 563. The van der Waals surface area contributed by atoms with Crippen molar-refractivity contribution in [2.75, 3.05) is 6.54 Å². The fourth-order valence-corrected chi connectivity index (χ4v) is 3.25. The van der Waals surface area contributed by atoms with Crippen molar-refractivity contribution in [3.05, 3.63) is 29.8 Å². The molecule has 20 heavy (non-hydrogen) atoms. The molecule has 0 saturated heterocycles. The Morgan fingerprint density at radius 2 is 1.80 bits per heavy atom. The average Bonchev–Trinajstić information content (AvgIpc) is 2.92. The zero-order chi connectivity index (χ0) is 14.6. The van der Waals surface area contributed by atoms with E-state index in [0.717, 1.165) is 31.2 Å². The van der Waals surface area contributed by atoms with Gasteiger partial charge in [-0.2, -0.15) is 0 Å². The van der Waals surface area contributed by atoms with Gasteiger partial charge in [0.15, 0.2) is 0 Å². The molecule has 0 aliphatic heterocycles. The zero-order valence-electron chi connectivity index (χ0n) is 11.1. The molecular weight excluding hydrogens is 298 g/mol. The van der Waals surface area contributed by atoms with E-state index in [4.69, 9.17) is 10.7 Å². The molecule has 110 valence electrons. The summed E-state index contributed by atoms with van der Waals surface area (Å²) in [5.74, 6) is 0.321. The van der Waals surface area contributed by atoms with Crippen LogP contribution in [-0.4, -0.2) is 20.9 Å². The number of carbonyl (C=O) groups is 1. The number of halogens is 1. The predicted octanol–water partition coefficient (Wildman–Crippen LogP) is 2.46. The Hall–Kier alpha value is -1.07. The summed E-state index contributed by atoms with van der Waals surface area (Å²) in [6, 6.07) is 6.40. The first-order chi connectivity index (χ1) is 9.47. The number of carbonyl (C=O) groups excluding carboxylic acids is 1. The van der Waals surface area contributed by atoms with Gasteiger partial charge in [0.05, 0.1) is 4.90 Å². The van der Waals surface area contributed by atoms with Crippen LogP contribution in [0.25, 0.3) is 0 Å². The highest BCUT2D eigenvalue weighted by Crippen LogP contribution is 2.24. The molecule has 1 amide bonds. The quantitative estimate of drug-likeness (QED) is 0.849. The van der Waals surface area contributed by atoms with Gasteiger partial charge >= 0.3 is 0 Å². The Morgan fingerprint density at radius 3 is 2.35 bits per heavy atom. The third-order valence-corrected chi connectivity index (χ3v) is 5.01. The van der Waals surface area contributed by atoms with E-state index in [0.29, 0.717) is 13.0 Å². The van der Waals surface area contributed by atoms with Crippen LogP contribution < -0.4 is 5.32 Å². The fraction of sp³-hybridized carbons (Fsp3) is 0.500. The van der Waals surface area contributed by atoms with Crippen LogP contribution in [0, 0.1) is 5.92 Å². The van der Waals surface area contributed by atoms with Crippen LogP contribution in [0.5, 0.6) is 0 Å². The van der Waals surface area contributed by atoms with Gasteiger partial charge in [0.25, 0.3) is 9.05 Å². The van der Waals surface area contributed by atoms with Crippen LogP contribution in [-0.2, 0) is 20.3 Å². The molecule has 1 N–H and O–H groups in total. The number of hydrogen-bond acceptors (Lipinski definition) is 3. The maximum atomic E-state index is 11.8. The minimum Gasteiger partial charge on any atom is -0.356 e. The number of rotatable bonds is 5. The van der Waals surface area contributed by atoms with Crippen LogP contribution in [0.4, 0.5) is 0 Å². The van der Waals surface area contributed by atoms with Crippen molar-refractivity contribution in [1.29, 1.82) is 0 Å². The van der Waals surface area contributed by atoms with E-state index in [-0.39, 0.29) is 16.7 Å². The van der Waals surface area contributed by atoms with E-state index in [1.54, 1.807) is 12.1 Å². The maximum Gasteiger partial charge on any atom is 0.261 e. The fourth-order valence-electron chi connectivity index (χ4n) is 2.48. The van der Waals surface area contributed by atoms with Gasteiger partial charge in [0.1, 0.15) is 0 Å². The molecule has 0 aromatic heterocycles. The van der Waals surface area contributed by atoms with Crippen molar-refractivity contribution in [3.8, 4) is 0 Å². The summed E-state index contributed by atoms with van der Waals surface area (Å²) < 4.78 is 22.2. The number of benzene rings is 1. The second-order valence-corrected chi connectivity index (χ2v) is 7.67. The Morgan fingerprint density at radius 1 is 1.20 bits per heavy atom. The van der Waals surface area contributed by atoms with Crippen LogP contribution in [0.1, 0.15) is 31.2 Å². The Balaban J connectivity index is 1.81. The van der Waals surface area contributed by atoms with Gasteiger partial charge in [0, 0.05) is 23.1 Å². The lowest BCUT2D eigenvalue weighted by Crippen LogP contribution is -2.30. The van der Waals surface area contributed by atoms with Gasteiger partial charge < -0.3 is 5.32 Å². The van der Waals surface area contributed by atoms with Gasteiger partial charge in [0.2, 0.25) is 5.91 Å². The van der Waals surface area contributed by atoms with Gasteiger partial charge in [-0.25, -0.2) is 8.42 Å². The molecule has 0 atom stereocenters. The normalized spacial score (nSPS) is 16.2. The minimum atomic E-state index is -3.66. The van der Waals surface area contributed by atoms with E-state index < -0.39 is 9.05 Å². The minimum absolute atomic E-state index is 0.0953. The van der Waals surface area contributed by atoms with Crippen LogP contribution in [0.3, 0.4) is 0 Å². The van der Waals surface area contributed by atoms with E-state index in [2.05, 4.69) is 5.32 Å². The first kappa shape index (κ1) is 15.3. The molecule has 4 nitrogen and oxygen atoms in total. The third-order valence-electron chi connectivity index (χ3n) is 3.64. The number of nitrogens with one attached hydrogen (secondary N) is 1. The molecule has 0 spiro atoms. The largest absolute Gasteiger partial charge is 0.356 e. The molecule has 2 rings (SSSR count). The molecule has 0 heterocycles. The molecule has 0 unspecified atom stereocenters. The predicted molar refractivity (Wildman–Crippen MR) is 78.2 cm³/mol. The smallest absolute Gasteiger partial charge is 0.261 e. The maximum absolute atomic E-state index is 11.8. The second-order valence-electron chi connectivity index (χ2n) is 5.10. The first-order valence-electron chi connectivity index (χ1n) is 6.78. The third kappa shape index (κ3) is 4.21. The molecule has 0 bridgehead atoms. The van der Waals surface area contributed by atoms with E-state index >= 15 is 0 Å². The topological polar surface area (TPSA) is 63.2 Å². The lowest BCUT2D eigenvalue weighted by molar-refractivity contribution is -0.124. The SMILES string of the molecule is O=C(NCCc1ccc(S(=O)(=O)Cl)cc1)C1CCCC1. The Kier molecular flexibility index (Phi) is 5.05.